The van der Waals surface area contributed by atoms with Crippen LogP contribution in [0.2, 0.25) is 0 Å². The largest absolute Gasteiger partial charge is 0.573 e. The maximum Gasteiger partial charge on any atom is 0.573 e. The molecule has 0 fully saturated rings. The number of halogens is 4. The van der Waals surface area contributed by atoms with Crippen molar-refractivity contribution in [2.75, 3.05) is 0 Å². The fraction of sp³-hybridized carbons (Fsp3) is 0.143. The summed E-state index contributed by atoms with van der Waals surface area (Å²) in [5.41, 5.74) is 0.561. The lowest BCUT2D eigenvalue weighted by atomic mass is 10.00. The summed E-state index contributed by atoms with van der Waals surface area (Å²) in [6.07, 6.45) is -4.26. The Labute approximate surface area is 122 Å². The van der Waals surface area contributed by atoms with Crippen LogP contribution in [0.15, 0.2) is 36.5 Å². The van der Waals surface area contributed by atoms with Crippen molar-refractivity contribution in [2.45, 2.75) is 12.8 Å². The van der Waals surface area contributed by atoms with Crippen molar-refractivity contribution >= 4 is 5.97 Å². The van der Waals surface area contributed by atoms with Crippen LogP contribution < -0.4 is 4.74 Å². The summed E-state index contributed by atoms with van der Waals surface area (Å²) < 4.78 is 53.6. The van der Waals surface area contributed by atoms with E-state index >= 15 is 0 Å². The standard InChI is InChI=1S/C14H9F4NO3/c15-12-5-9(6-13(20)21)11(7-19-12)8-2-1-3-10(4-8)22-14(16,17)18/h1-5,7H,6H2,(H,20,21). The molecule has 1 aromatic heterocycles. The van der Waals surface area contributed by atoms with E-state index in [4.69, 9.17) is 5.11 Å². The van der Waals surface area contributed by atoms with Gasteiger partial charge in [0.05, 0.1) is 6.42 Å². The SMILES string of the molecule is O=C(O)Cc1cc(F)ncc1-c1cccc(OC(F)(F)F)c1. The molecule has 0 amide bonds. The van der Waals surface area contributed by atoms with E-state index in [2.05, 4.69) is 9.72 Å². The molecular weight excluding hydrogens is 306 g/mol. The van der Waals surface area contributed by atoms with Crippen LogP contribution in [0, 0.1) is 5.95 Å². The summed E-state index contributed by atoms with van der Waals surface area (Å²) in [5.74, 6) is -2.53. The Kier molecular flexibility index (Phi) is 4.30. The molecule has 0 aliphatic heterocycles. The Bertz CT molecular complexity index is 701. The lowest BCUT2D eigenvalue weighted by Crippen LogP contribution is -2.17. The minimum absolute atomic E-state index is 0.101. The first-order valence-electron chi connectivity index (χ1n) is 5.97. The van der Waals surface area contributed by atoms with E-state index in [1.165, 1.54) is 12.1 Å². The van der Waals surface area contributed by atoms with Crippen LogP contribution in [-0.2, 0) is 11.2 Å². The van der Waals surface area contributed by atoms with Crippen LogP contribution in [0.25, 0.3) is 11.1 Å². The zero-order valence-electron chi connectivity index (χ0n) is 10.9. The van der Waals surface area contributed by atoms with E-state index in [0.29, 0.717) is 0 Å². The summed E-state index contributed by atoms with van der Waals surface area (Å²) in [6, 6.07) is 5.87. The van der Waals surface area contributed by atoms with Gasteiger partial charge in [0.2, 0.25) is 5.95 Å². The summed E-state index contributed by atoms with van der Waals surface area (Å²) in [5, 5.41) is 8.82. The van der Waals surface area contributed by atoms with Gasteiger partial charge in [-0.2, -0.15) is 4.39 Å². The zero-order valence-corrected chi connectivity index (χ0v) is 10.9. The molecule has 1 N–H and O–H groups in total. The summed E-state index contributed by atoms with van der Waals surface area (Å²) >= 11 is 0. The molecule has 0 aliphatic rings. The molecule has 0 saturated carbocycles. The zero-order chi connectivity index (χ0) is 16.3. The highest BCUT2D eigenvalue weighted by molar-refractivity contribution is 5.76. The number of pyridine rings is 1. The van der Waals surface area contributed by atoms with Gasteiger partial charge in [0.15, 0.2) is 0 Å². The van der Waals surface area contributed by atoms with Gasteiger partial charge in [-0.25, -0.2) is 4.98 Å². The van der Waals surface area contributed by atoms with Crippen LogP contribution in [0.3, 0.4) is 0 Å². The lowest BCUT2D eigenvalue weighted by molar-refractivity contribution is -0.274. The second-order valence-electron chi connectivity index (χ2n) is 4.31. The number of hydrogen-bond acceptors (Lipinski definition) is 3. The third-order valence-electron chi connectivity index (χ3n) is 2.68. The number of aliphatic carboxylic acids is 1. The molecule has 2 aromatic rings. The predicted molar refractivity (Wildman–Crippen MR) is 67.7 cm³/mol. The van der Waals surface area contributed by atoms with Gasteiger partial charge < -0.3 is 9.84 Å². The number of carbonyl (C=O) groups is 1. The Morgan fingerprint density at radius 1 is 1.27 bits per heavy atom. The summed E-state index contributed by atoms with van der Waals surface area (Å²) in [7, 11) is 0. The minimum Gasteiger partial charge on any atom is -0.481 e. The van der Waals surface area contributed by atoms with E-state index in [1.807, 2.05) is 0 Å². The minimum atomic E-state index is -4.84. The molecule has 0 spiro atoms. The van der Waals surface area contributed by atoms with Crippen molar-refractivity contribution in [2.24, 2.45) is 0 Å². The van der Waals surface area contributed by atoms with Gasteiger partial charge in [-0.3, -0.25) is 4.79 Å². The maximum atomic E-state index is 13.1. The number of ether oxygens (including phenoxy) is 1. The number of carboxylic acids is 1. The molecule has 0 aliphatic carbocycles. The van der Waals surface area contributed by atoms with Crippen LogP contribution in [0.4, 0.5) is 17.6 Å². The summed E-state index contributed by atoms with van der Waals surface area (Å²) in [4.78, 5) is 14.2. The van der Waals surface area contributed by atoms with E-state index in [0.717, 1.165) is 24.4 Å². The molecule has 4 nitrogen and oxygen atoms in total. The smallest absolute Gasteiger partial charge is 0.481 e. The van der Waals surface area contributed by atoms with E-state index in [9.17, 15) is 22.4 Å². The van der Waals surface area contributed by atoms with E-state index < -0.39 is 30.4 Å². The predicted octanol–water partition coefficient (Wildman–Crippen LogP) is 3.41. The van der Waals surface area contributed by atoms with Crippen molar-refractivity contribution in [1.29, 1.82) is 0 Å². The fourth-order valence-electron chi connectivity index (χ4n) is 1.90. The lowest BCUT2D eigenvalue weighted by Gasteiger charge is -2.12. The van der Waals surface area contributed by atoms with Crippen LogP contribution in [-0.4, -0.2) is 22.4 Å². The highest BCUT2D eigenvalue weighted by atomic mass is 19.4. The molecule has 1 aromatic carbocycles. The third-order valence-corrected chi connectivity index (χ3v) is 2.68. The highest BCUT2D eigenvalue weighted by Gasteiger charge is 2.31. The molecule has 1 heterocycles. The molecule has 2 rings (SSSR count). The number of hydrogen-bond donors (Lipinski definition) is 1. The third kappa shape index (κ3) is 4.18. The van der Waals surface area contributed by atoms with Gasteiger partial charge in [0.1, 0.15) is 5.75 Å². The number of aromatic nitrogens is 1. The Balaban J connectivity index is 2.43. The van der Waals surface area contributed by atoms with Crippen molar-refractivity contribution in [3.63, 3.8) is 0 Å². The number of benzene rings is 1. The first-order chi connectivity index (χ1) is 10.2. The van der Waals surface area contributed by atoms with Crippen LogP contribution >= 0.6 is 0 Å². The maximum absolute atomic E-state index is 13.1. The molecule has 116 valence electrons. The van der Waals surface area contributed by atoms with Gasteiger partial charge in [-0.15, -0.1) is 13.2 Å². The molecule has 22 heavy (non-hydrogen) atoms. The van der Waals surface area contributed by atoms with Gasteiger partial charge in [-0.05, 0) is 29.3 Å². The van der Waals surface area contributed by atoms with Crippen molar-refractivity contribution in [1.82, 2.24) is 4.98 Å². The van der Waals surface area contributed by atoms with Crippen LogP contribution in [0.5, 0.6) is 5.75 Å². The number of carboxylic acid groups (broad SMARTS) is 1. The molecular formula is C14H9F4NO3. The summed E-state index contributed by atoms with van der Waals surface area (Å²) in [6.45, 7) is 0. The topological polar surface area (TPSA) is 59.4 Å². The molecule has 8 heteroatoms. The van der Waals surface area contributed by atoms with E-state index in [1.54, 1.807) is 0 Å². The molecule has 0 atom stereocenters. The van der Waals surface area contributed by atoms with Crippen molar-refractivity contribution < 1.29 is 32.2 Å². The normalized spacial score (nSPS) is 11.3. The van der Waals surface area contributed by atoms with Crippen LogP contribution in [0.1, 0.15) is 5.56 Å². The van der Waals surface area contributed by atoms with Gasteiger partial charge in [0.25, 0.3) is 0 Å². The Hall–Kier alpha value is -2.64. The average Bonchev–Trinajstić information content (AvgIpc) is 2.36. The Morgan fingerprint density at radius 3 is 2.64 bits per heavy atom. The molecule has 0 bridgehead atoms. The van der Waals surface area contributed by atoms with Gasteiger partial charge >= 0.3 is 12.3 Å². The molecule has 0 saturated heterocycles. The quantitative estimate of drug-likeness (QED) is 0.694. The first-order valence-corrected chi connectivity index (χ1v) is 5.97. The molecule has 0 radical (unpaired) electrons. The van der Waals surface area contributed by atoms with E-state index in [-0.39, 0.29) is 16.7 Å². The van der Waals surface area contributed by atoms with Gasteiger partial charge in [0, 0.05) is 11.8 Å². The number of nitrogens with zero attached hydrogens (tertiary/aromatic N) is 1. The number of alkyl halides is 3. The average molecular weight is 315 g/mol. The van der Waals surface area contributed by atoms with Crippen molar-refractivity contribution in [3.05, 3.63) is 48.0 Å². The fourth-order valence-corrected chi connectivity index (χ4v) is 1.90. The second-order valence-corrected chi connectivity index (χ2v) is 4.31. The highest BCUT2D eigenvalue weighted by Crippen LogP contribution is 2.30. The monoisotopic (exact) mass is 315 g/mol. The van der Waals surface area contributed by atoms with Crippen molar-refractivity contribution in [3.8, 4) is 16.9 Å². The molecule has 0 unspecified atom stereocenters. The second kappa shape index (κ2) is 6.00. The Morgan fingerprint density at radius 2 is 2.00 bits per heavy atom. The first kappa shape index (κ1) is 15.7. The number of rotatable bonds is 4. The van der Waals surface area contributed by atoms with Gasteiger partial charge in [-0.1, -0.05) is 12.1 Å².